The van der Waals surface area contributed by atoms with Crippen LogP contribution in [0.1, 0.15) is 12.5 Å². The van der Waals surface area contributed by atoms with Crippen molar-refractivity contribution in [2.24, 2.45) is 5.73 Å². The molecule has 88 valence electrons. The second kappa shape index (κ2) is 5.02. The largest absolute Gasteiger partial charge is 0.383 e. The minimum atomic E-state index is -0.0232. The Bertz CT molecular complexity index is 524. The van der Waals surface area contributed by atoms with Crippen LogP contribution in [0, 0.1) is 0 Å². The fourth-order valence-corrected chi connectivity index (χ4v) is 1.82. The van der Waals surface area contributed by atoms with Crippen molar-refractivity contribution in [3.63, 3.8) is 0 Å². The summed E-state index contributed by atoms with van der Waals surface area (Å²) in [6.07, 6.45) is 0. The SMILES string of the molecule is C=C(NCc1cccc2ccccc12)[C@H](C)N. The monoisotopic (exact) mass is 226 g/mol. The summed E-state index contributed by atoms with van der Waals surface area (Å²) in [4.78, 5) is 0. The molecule has 0 heterocycles. The maximum absolute atomic E-state index is 5.75. The minimum Gasteiger partial charge on any atom is -0.383 e. The molecular formula is C15H18N2. The van der Waals surface area contributed by atoms with Crippen LogP contribution in [0.5, 0.6) is 0 Å². The van der Waals surface area contributed by atoms with E-state index in [-0.39, 0.29) is 6.04 Å². The van der Waals surface area contributed by atoms with Crippen molar-refractivity contribution < 1.29 is 0 Å². The fraction of sp³-hybridized carbons (Fsp3) is 0.200. The van der Waals surface area contributed by atoms with Gasteiger partial charge in [0.1, 0.15) is 0 Å². The molecule has 0 amide bonds. The molecule has 2 aromatic carbocycles. The Balaban J connectivity index is 2.21. The van der Waals surface area contributed by atoms with E-state index in [2.05, 4.69) is 54.4 Å². The molecule has 1 atom stereocenters. The molecule has 3 N–H and O–H groups in total. The van der Waals surface area contributed by atoms with Gasteiger partial charge < -0.3 is 11.1 Å². The summed E-state index contributed by atoms with van der Waals surface area (Å²) >= 11 is 0. The molecule has 0 aromatic heterocycles. The lowest BCUT2D eigenvalue weighted by atomic mass is 10.0. The van der Waals surface area contributed by atoms with Crippen LogP contribution < -0.4 is 11.1 Å². The number of fused-ring (bicyclic) bond motifs is 1. The fourth-order valence-electron chi connectivity index (χ4n) is 1.82. The van der Waals surface area contributed by atoms with Crippen molar-refractivity contribution in [2.45, 2.75) is 19.5 Å². The first-order valence-corrected chi connectivity index (χ1v) is 5.83. The van der Waals surface area contributed by atoms with E-state index in [1.54, 1.807) is 0 Å². The normalized spacial score (nSPS) is 12.4. The van der Waals surface area contributed by atoms with Crippen molar-refractivity contribution in [1.29, 1.82) is 0 Å². The lowest BCUT2D eigenvalue weighted by Gasteiger charge is -2.14. The number of hydrogen-bond donors (Lipinski definition) is 2. The number of hydrogen-bond acceptors (Lipinski definition) is 2. The molecule has 0 radical (unpaired) electrons. The summed E-state index contributed by atoms with van der Waals surface area (Å²) in [5, 5.41) is 5.81. The molecular weight excluding hydrogens is 208 g/mol. The van der Waals surface area contributed by atoms with Gasteiger partial charge in [0, 0.05) is 18.3 Å². The van der Waals surface area contributed by atoms with Crippen LogP contribution >= 0.6 is 0 Å². The molecule has 0 aliphatic carbocycles. The summed E-state index contributed by atoms with van der Waals surface area (Å²) in [6.45, 7) is 6.61. The average molecular weight is 226 g/mol. The van der Waals surface area contributed by atoms with Gasteiger partial charge in [-0.15, -0.1) is 0 Å². The van der Waals surface area contributed by atoms with Crippen LogP contribution in [-0.2, 0) is 6.54 Å². The van der Waals surface area contributed by atoms with E-state index in [0.717, 1.165) is 12.2 Å². The van der Waals surface area contributed by atoms with Crippen LogP contribution in [0.15, 0.2) is 54.7 Å². The van der Waals surface area contributed by atoms with Gasteiger partial charge in [-0.3, -0.25) is 0 Å². The molecule has 2 nitrogen and oxygen atoms in total. The van der Waals surface area contributed by atoms with Gasteiger partial charge in [-0.2, -0.15) is 0 Å². The predicted molar refractivity (Wildman–Crippen MR) is 73.6 cm³/mol. The third-order valence-electron chi connectivity index (χ3n) is 2.94. The van der Waals surface area contributed by atoms with Gasteiger partial charge in [0.25, 0.3) is 0 Å². The second-order valence-corrected chi connectivity index (χ2v) is 4.31. The quantitative estimate of drug-likeness (QED) is 0.841. The summed E-state index contributed by atoms with van der Waals surface area (Å²) in [5.74, 6) is 0. The highest BCUT2D eigenvalue weighted by molar-refractivity contribution is 5.85. The van der Waals surface area contributed by atoms with Gasteiger partial charge >= 0.3 is 0 Å². The lowest BCUT2D eigenvalue weighted by Crippen LogP contribution is -2.27. The maximum atomic E-state index is 5.75. The molecule has 0 spiro atoms. The molecule has 17 heavy (non-hydrogen) atoms. The van der Waals surface area contributed by atoms with Crippen LogP contribution in [0.4, 0.5) is 0 Å². The highest BCUT2D eigenvalue weighted by Gasteiger charge is 2.02. The van der Waals surface area contributed by atoms with Crippen LogP contribution in [0.25, 0.3) is 10.8 Å². The third kappa shape index (κ3) is 2.66. The molecule has 0 saturated heterocycles. The standard InChI is InChI=1S/C15H18N2/c1-11(16)12(2)17-10-14-8-5-7-13-6-3-4-9-15(13)14/h3-9,11,17H,2,10,16H2,1H3/t11-/m0/s1. The van der Waals surface area contributed by atoms with Crippen molar-refractivity contribution in [1.82, 2.24) is 5.32 Å². The Labute approximate surface area is 102 Å². The molecule has 2 aromatic rings. The van der Waals surface area contributed by atoms with E-state index in [0.29, 0.717) is 0 Å². The molecule has 0 saturated carbocycles. The van der Waals surface area contributed by atoms with Gasteiger partial charge in [-0.1, -0.05) is 49.0 Å². The van der Waals surface area contributed by atoms with Crippen molar-refractivity contribution >= 4 is 10.8 Å². The summed E-state index contributed by atoms with van der Waals surface area (Å²) in [6, 6.07) is 14.7. The second-order valence-electron chi connectivity index (χ2n) is 4.31. The number of rotatable bonds is 4. The Morgan fingerprint density at radius 1 is 1.24 bits per heavy atom. The van der Waals surface area contributed by atoms with Crippen LogP contribution in [-0.4, -0.2) is 6.04 Å². The molecule has 2 heteroatoms. The zero-order valence-electron chi connectivity index (χ0n) is 10.1. The first-order chi connectivity index (χ1) is 8.18. The highest BCUT2D eigenvalue weighted by Crippen LogP contribution is 2.18. The van der Waals surface area contributed by atoms with Gasteiger partial charge in [0.15, 0.2) is 0 Å². The van der Waals surface area contributed by atoms with E-state index in [9.17, 15) is 0 Å². The van der Waals surface area contributed by atoms with Gasteiger partial charge in [-0.25, -0.2) is 0 Å². The molecule has 0 bridgehead atoms. The average Bonchev–Trinajstić information content (AvgIpc) is 2.35. The predicted octanol–water partition coefficient (Wildman–Crippen LogP) is 2.79. The molecule has 0 fully saturated rings. The van der Waals surface area contributed by atoms with Crippen molar-refractivity contribution in [3.8, 4) is 0 Å². The Kier molecular flexibility index (Phi) is 3.45. The van der Waals surface area contributed by atoms with E-state index >= 15 is 0 Å². The number of benzene rings is 2. The zero-order chi connectivity index (χ0) is 12.3. The maximum Gasteiger partial charge on any atom is 0.0409 e. The molecule has 0 unspecified atom stereocenters. The van der Waals surface area contributed by atoms with Crippen molar-refractivity contribution in [3.05, 3.63) is 60.3 Å². The lowest BCUT2D eigenvalue weighted by molar-refractivity contribution is 0.713. The third-order valence-corrected chi connectivity index (χ3v) is 2.94. The van der Waals surface area contributed by atoms with E-state index in [1.165, 1.54) is 16.3 Å². The van der Waals surface area contributed by atoms with Gasteiger partial charge in [0.05, 0.1) is 0 Å². The topological polar surface area (TPSA) is 38.0 Å². The van der Waals surface area contributed by atoms with Crippen LogP contribution in [0.3, 0.4) is 0 Å². The van der Waals surface area contributed by atoms with Crippen LogP contribution in [0.2, 0.25) is 0 Å². The van der Waals surface area contributed by atoms with Gasteiger partial charge in [-0.05, 0) is 23.3 Å². The summed E-state index contributed by atoms with van der Waals surface area (Å²) in [5.41, 5.74) is 7.89. The van der Waals surface area contributed by atoms with Gasteiger partial charge in [0.2, 0.25) is 0 Å². The Morgan fingerprint density at radius 2 is 1.94 bits per heavy atom. The first kappa shape index (κ1) is 11.7. The molecule has 2 rings (SSSR count). The van der Waals surface area contributed by atoms with E-state index in [1.807, 2.05) is 6.92 Å². The van der Waals surface area contributed by atoms with E-state index in [4.69, 9.17) is 5.73 Å². The van der Waals surface area contributed by atoms with Crippen molar-refractivity contribution in [2.75, 3.05) is 0 Å². The number of nitrogens with two attached hydrogens (primary N) is 1. The zero-order valence-corrected chi connectivity index (χ0v) is 10.1. The Morgan fingerprint density at radius 3 is 2.71 bits per heavy atom. The minimum absolute atomic E-state index is 0.0232. The first-order valence-electron chi connectivity index (χ1n) is 5.83. The Hall–Kier alpha value is -1.80. The summed E-state index contributed by atoms with van der Waals surface area (Å²) in [7, 11) is 0. The smallest absolute Gasteiger partial charge is 0.0409 e. The molecule has 0 aliphatic heterocycles. The number of nitrogens with one attached hydrogen (secondary N) is 1. The molecule has 0 aliphatic rings. The van der Waals surface area contributed by atoms with E-state index < -0.39 is 0 Å². The summed E-state index contributed by atoms with van der Waals surface area (Å²) < 4.78 is 0. The highest BCUT2D eigenvalue weighted by atomic mass is 14.9.